The summed E-state index contributed by atoms with van der Waals surface area (Å²) < 4.78 is 13.7. The number of anilines is 1. The van der Waals surface area contributed by atoms with Crippen molar-refractivity contribution in [2.24, 2.45) is 5.92 Å². The molecule has 0 radical (unpaired) electrons. The van der Waals surface area contributed by atoms with E-state index in [0.29, 0.717) is 25.2 Å². The number of benzene rings is 1. The standard InChI is InChI=1S/C19H17ClFN5O/c1-11-17(14-4-6-22-23-10-14)24-25-18(11)26-7-5-13(19(26)27)8-12-2-3-15(20)16(21)9-12/h2-4,6,9-10,13H,5,7-8H2,1H3,(H,24,25). The number of amides is 1. The molecule has 0 bridgehead atoms. The number of halogens is 2. The fourth-order valence-electron chi connectivity index (χ4n) is 3.46. The van der Waals surface area contributed by atoms with Crippen molar-refractivity contribution in [3.05, 3.63) is 58.6 Å². The first-order valence-electron chi connectivity index (χ1n) is 8.62. The van der Waals surface area contributed by atoms with Crippen LogP contribution in [0.25, 0.3) is 11.3 Å². The number of rotatable bonds is 4. The largest absolute Gasteiger partial charge is 0.295 e. The zero-order valence-corrected chi connectivity index (χ0v) is 15.4. The van der Waals surface area contributed by atoms with Gasteiger partial charge in [0, 0.05) is 23.6 Å². The van der Waals surface area contributed by atoms with Crippen molar-refractivity contribution in [1.82, 2.24) is 20.4 Å². The number of hydrogen-bond acceptors (Lipinski definition) is 4. The molecule has 0 aliphatic carbocycles. The van der Waals surface area contributed by atoms with E-state index >= 15 is 0 Å². The fourth-order valence-corrected chi connectivity index (χ4v) is 3.58. The summed E-state index contributed by atoms with van der Waals surface area (Å²) in [7, 11) is 0. The van der Waals surface area contributed by atoms with Gasteiger partial charge in [-0.05, 0) is 43.5 Å². The molecule has 1 aliphatic rings. The van der Waals surface area contributed by atoms with Gasteiger partial charge in [-0.15, -0.1) is 0 Å². The smallest absolute Gasteiger partial charge is 0.231 e. The zero-order chi connectivity index (χ0) is 19.0. The molecule has 4 rings (SSSR count). The highest BCUT2D eigenvalue weighted by atomic mass is 35.5. The molecule has 3 aromatic rings. The molecule has 1 atom stereocenters. The third-order valence-electron chi connectivity index (χ3n) is 4.90. The Morgan fingerprint density at radius 2 is 2.19 bits per heavy atom. The predicted molar refractivity (Wildman–Crippen MR) is 99.9 cm³/mol. The van der Waals surface area contributed by atoms with Gasteiger partial charge in [-0.25, -0.2) is 4.39 Å². The maximum Gasteiger partial charge on any atom is 0.231 e. The molecule has 27 heavy (non-hydrogen) atoms. The molecule has 1 unspecified atom stereocenters. The van der Waals surface area contributed by atoms with Gasteiger partial charge in [-0.2, -0.15) is 15.3 Å². The number of H-pyrrole nitrogens is 1. The minimum atomic E-state index is -0.463. The van der Waals surface area contributed by atoms with E-state index in [0.717, 1.165) is 22.4 Å². The number of carbonyl (C=O) groups is 1. The van der Waals surface area contributed by atoms with Crippen LogP contribution in [0.15, 0.2) is 36.7 Å². The van der Waals surface area contributed by atoms with Crippen LogP contribution in [-0.2, 0) is 11.2 Å². The van der Waals surface area contributed by atoms with Gasteiger partial charge >= 0.3 is 0 Å². The van der Waals surface area contributed by atoms with Crippen LogP contribution < -0.4 is 4.90 Å². The van der Waals surface area contributed by atoms with E-state index in [4.69, 9.17) is 11.6 Å². The Bertz CT molecular complexity index is 991. The number of nitrogens with zero attached hydrogens (tertiary/aromatic N) is 4. The molecule has 2 aromatic heterocycles. The molecule has 1 aromatic carbocycles. The molecule has 1 saturated heterocycles. The van der Waals surface area contributed by atoms with Crippen molar-refractivity contribution in [3.8, 4) is 11.3 Å². The van der Waals surface area contributed by atoms with Crippen molar-refractivity contribution in [1.29, 1.82) is 0 Å². The molecule has 1 fully saturated rings. The normalized spacial score (nSPS) is 16.9. The Hall–Kier alpha value is -2.80. The topological polar surface area (TPSA) is 74.8 Å². The average molecular weight is 386 g/mol. The van der Waals surface area contributed by atoms with E-state index in [9.17, 15) is 9.18 Å². The van der Waals surface area contributed by atoms with Gasteiger partial charge in [-0.1, -0.05) is 17.7 Å². The fraction of sp³-hybridized carbons (Fsp3) is 0.263. The van der Waals surface area contributed by atoms with Crippen LogP contribution in [0.4, 0.5) is 10.2 Å². The summed E-state index contributed by atoms with van der Waals surface area (Å²) in [6.45, 7) is 2.50. The Morgan fingerprint density at radius 1 is 1.33 bits per heavy atom. The highest BCUT2D eigenvalue weighted by molar-refractivity contribution is 6.30. The molecule has 138 valence electrons. The lowest BCUT2D eigenvalue weighted by Crippen LogP contribution is -2.28. The quantitative estimate of drug-likeness (QED) is 0.745. The van der Waals surface area contributed by atoms with Crippen LogP contribution in [0, 0.1) is 18.7 Å². The van der Waals surface area contributed by atoms with Crippen LogP contribution >= 0.6 is 11.6 Å². The molecular weight excluding hydrogens is 369 g/mol. The Balaban J connectivity index is 1.54. The maximum atomic E-state index is 13.7. The van der Waals surface area contributed by atoms with Crippen LogP contribution in [0.3, 0.4) is 0 Å². The number of aromatic amines is 1. The minimum absolute atomic E-state index is 0.000591. The molecule has 3 heterocycles. The van der Waals surface area contributed by atoms with Crippen LogP contribution in [0.5, 0.6) is 0 Å². The molecule has 1 amide bonds. The van der Waals surface area contributed by atoms with Crippen molar-refractivity contribution >= 4 is 23.3 Å². The van der Waals surface area contributed by atoms with E-state index in [1.54, 1.807) is 23.4 Å². The Morgan fingerprint density at radius 3 is 2.93 bits per heavy atom. The number of carbonyl (C=O) groups excluding carboxylic acids is 1. The molecule has 1 N–H and O–H groups in total. The van der Waals surface area contributed by atoms with Crippen molar-refractivity contribution in [2.45, 2.75) is 19.8 Å². The zero-order valence-electron chi connectivity index (χ0n) is 14.6. The third-order valence-corrected chi connectivity index (χ3v) is 5.20. The van der Waals surface area contributed by atoms with Crippen LogP contribution in [0.1, 0.15) is 17.5 Å². The SMILES string of the molecule is Cc1c(N2CCC(Cc3ccc(Cl)c(F)c3)C2=O)n[nH]c1-c1ccnnc1. The summed E-state index contributed by atoms with van der Waals surface area (Å²) in [6.07, 6.45) is 4.43. The summed E-state index contributed by atoms with van der Waals surface area (Å²) >= 11 is 5.73. The second-order valence-electron chi connectivity index (χ2n) is 6.61. The first-order valence-corrected chi connectivity index (χ1v) is 8.99. The Labute approximate surface area is 160 Å². The molecule has 8 heteroatoms. The van der Waals surface area contributed by atoms with Gasteiger partial charge in [-0.3, -0.25) is 14.8 Å². The monoisotopic (exact) mass is 385 g/mol. The summed E-state index contributed by atoms with van der Waals surface area (Å²) in [4.78, 5) is 14.6. The molecule has 6 nitrogen and oxygen atoms in total. The molecule has 0 saturated carbocycles. The first-order chi connectivity index (χ1) is 13.0. The number of nitrogens with one attached hydrogen (secondary N) is 1. The van der Waals surface area contributed by atoms with Gasteiger partial charge in [0.05, 0.1) is 23.1 Å². The van der Waals surface area contributed by atoms with Gasteiger partial charge < -0.3 is 0 Å². The Kier molecular flexibility index (Phi) is 4.61. The lowest BCUT2D eigenvalue weighted by molar-refractivity contribution is -0.120. The summed E-state index contributed by atoms with van der Waals surface area (Å²) in [6, 6.07) is 6.51. The van der Waals surface area contributed by atoms with Crippen molar-refractivity contribution in [2.75, 3.05) is 11.4 Å². The van der Waals surface area contributed by atoms with E-state index in [2.05, 4.69) is 20.4 Å². The third kappa shape index (κ3) is 3.30. The van der Waals surface area contributed by atoms with E-state index < -0.39 is 5.82 Å². The molecule has 1 aliphatic heterocycles. The summed E-state index contributed by atoms with van der Waals surface area (Å²) in [5, 5.41) is 15.1. The lowest BCUT2D eigenvalue weighted by Gasteiger charge is -2.15. The molecule has 0 spiro atoms. The highest BCUT2D eigenvalue weighted by Crippen LogP contribution is 2.32. The van der Waals surface area contributed by atoms with Crippen LogP contribution in [-0.4, -0.2) is 32.8 Å². The first kappa shape index (κ1) is 17.6. The maximum absolute atomic E-state index is 13.7. The minimum Gasteiger partial charge on any atom is -0.295 e. The predicted octanol–water partition coefficient (Wildman–Crippen LogP) is 3.56. The van der Waals surface area contributed by atoms with Gasteiger partial charge in [0.25, 0.3) is 0 Å². The van der Waals surface area contributed by atoms with E-state index in [1.165, 1.54) is 12.1 Å². The second-order valence-corrected chi connectivity index (χ2v) is 7.01. The van der Waals surface area contributed by atoms with Crippen LogP contribution in [0.2, 0.25) is 5.02 Å². The van der Waals surface area contributed by atoms with E-state index in [1.807, 2.05) is 13.0 Å². The van der Waals surface area contributed by atoms with Gasteiger partial charge in [0.2, 0.25) is 5.91 Å². The van der Waals surface area contributed by atoms with Crippen molar-refractivity contribution < 1.29 is 9.18 Å². The lowest BCUT2D eigenvalue weighted by atomic mass is 9.98. The summed E-state index contributed by atoms with van der Waals surface area (Å²) in [5.74, 6) is -0.0427. The highest BCUT2D eigenvalue weighted by Gasteiger charge is 2.35. The summed E-state index contributed by atoms with van der Waals surface area (Å²) in [5.41, 5.74) is 3.32. The average Bonchev–Trinajstić information content (AvgIpc) is 3.22. The molecular formula is C19H17ClFN5O. The van der Waals surface area contributed by atoms with Crippen molar-refractivity contribution in [3.63, 3.8) is 0 Å². The number of aromatic nitrogens is 4. The van der Waals surface area contributed by atoms with Gasteiger partial charge in [0.1, 0.15) is 5.82 Å². The number of hydrogen-bond donors (Lipinski definition) is 1. The second kappa shape index (κ2) is 7.08. The van der Waals surface area contributed by atoms with Gasteiger partial charge in [0.15, 0.2) is 5.82 Å². The van der Waals surface area contributed by atoms with E-state index in [-0.39, 0.29) is 16.8 Å².